The fraction of sp³-hybridized carbons (Fsp3) is 0.667. The van der Waals surface area contributed by atoms with E-state index in [1.165, 1.54) is 11.3 Å². The summed E-state index contributed by atoms with van der Waals surface area (Å²) in [5, 5.41) is 0. The zero-order chi connectivity index (χ0) is 12.5. The predicted octanol–water partition coefficient (Wildman–Crippen LogP) is 0.00270. The number of hydrazine groups is 1. The summed E-state index contributed by atoms with van der Waals surface area (Å²) in [5.74, 6) is 7.22. The molecular weight excluding hydrogens is 228 g/mol. The molecule has 0 atom stereocenters. The first kappa shape index (κ1) is 11.7. The zero-order valence-electron chi connectivity index (χ0n) is 10.8. The maximum absolute atomic E-state index is 5.58. The van der Waals surface area contributed by atoms with Crippen molar-refractivity contribution >= 4 is 11.8 Å². The number of nitrogen functional groups attached to an aromatic ring is 1. The highest BCUT2D eigenvalue weighted by Gasteiger charge is 2.22. The molecule has 1 aromatic rings. The number of rotatable bonds is 2. The minimum atomic E-state index is 0.812. The monoisotopic (exact) mass is 248 g/mol. The third kappa shape index (κ3) is 2.02. The van der Waals surface area contributed by atoms with Crippen molar-refractivity contribution in [1.82, 2.24) is 14.9 Å². The van der Waals surface area contributed by atoms with Gasteiger partial charge in [0.05, 0.1) is 5.69 Å². The zero-order valence-corrected chi connectivity index (χ0v) is 10.8. The van der Waals surface area contributed by atoms with Gasteiger partial charge in [0.1, 0.15) is 5.82 Å². The number of nitrogens with two attached hydrogens (primary N) is 1. The molecule has 0 amide bonds. The van der Waals surface area contributed by atoms with Gasteiger partial charge in [-0.2, -0.15) is 4.98 Å². The van der Waals surface area contributed by atoms with Crippen molar-refractivity contribution in [2.45, 2.75) is 19.3 Å². The van der Waals surface area contributed by atoms with Gasteiger partial charge in [-0.1, -0.05) is 0 Å². The summed E-state index contributed by atoms with van der Waals surface area (Å²) in [4.78, 5) is 13.9. The van der Waals surface area contributed by atoms with Crippen molar-refractivity contribution in [2.24, 2.45) is 5.84 Å². The van der Waals surface area contributed by atoms with Crippen molar-refractivity contribution < 1.29 is 0 Å². The molecule has 1 aliphatic heterocycles. The lowest BCUT2D eigenvalue weighted by Crippen LogP contribution is -2.45. The van der Waals surface area contributed by atoms with Crippen LogP contribution >= 0.6 is 0 Å². The van der Waals surface area contributed by atoms with Crippen LogP contribution in [0.15, 0.2) is 0 Å². The first-order valence-electron chi connectivity index (χ1n) is 6.58. The molecule has 18 heavy (non-hydrogen) atoms. The van der Waals surface area contributed by atoms with Crippen LogP contribution in [0.4, 0.5) is 11.8 Å². The number of nitrogens with zero attached hydrogens (tertiary/aromatic N) is 4. The minimum Gasteiger partial charge on any atom is -0.338 e. The molecule has 6 nitrogen and oxygen atoms in total. The Hall–Kier alpha value is -1.40. The molecule has 1 fully saturated rings. The average Bonchev–Trinajstić information content (AvgIpc) is 2.86. The maximum atomic E-state index is 5.58. The summed E-state index contributed by atoms with van der Waals surface area (Å²) in [7, 11) is 2.15. The van der Waals surface area contributed by atoms with Crippen molar-refractivity contribution in [2.75, 3.05) is 43.6 Å². The lowest BCUT2D eigenvalue weighted by Gasteiger charge is -2.32. The Morgan fingerprint density at radius 1 is 1.11 bits per heavy atom. The smallest absolute Gasteiger partial charge is 0.227 e. The fourth-order valence-electron chi connectivity index (χ4n) is 2.69. The Morgan fingerprint density at radius 2 is 1.89 bits per heavy atom. The van der Waals surface area contributed by atoms with E-state index < -0.39 is 0 Å². The third-order valence-electron chi connectivity index (χ3n) is 3.84. The van der Waals surface area contributed by atoms with Gasteiger partial charge in [0.25, 0.3) is 0 Å². The van der Waals surface area contributed by atoms with Crippen molar-refractivity contribution in [1.29, 1.82) is 0 Å². The Morgan fingerprint density at radius 3 is 2.61 bits per heavy atom. The second-order valence-electron chi connectivity index (χ2n) is 5.09. The van der Waals surface area contributed by atoms with Crippen molar-refractivity contribution in [3.05, 3.63) is 11.3 Å². The van der Waals surface area contributed by atoms with Crippen LogP contribution in [0.2, 0.25) is 0 Å². The minimum absolute atomic E-state index is 0.812. The van der Waals surface area contributed by atoms with Crippen LogP contribution in [-0.4, -0.2) is 48.1 Å². The molecule has 0 bridgehead atoms. The number of piperazine rings is 1. The molecule has 0 unspecified atom stereocenters. The van der Waals surface area contributed by atoms with E-state index in [1.54, 1.807) is 0 Å². The van der Waals surface area contributed by atoms with E-state index >= 15 is 0 Å². The standard InChI is InChI=1S/C12H20N6/c1-17-5-7-18(8-6-17)12-14-10-4-2-3-9(10)11(15-12)16-13/h2-8,13H2,1H3,(H,14,15,16). The number of hydrogen-bond donors (Lipinski definition) is 2. The summed E-state index contributed by atoms with van der Waals surface area (Å²) < 4.78 is 0. The average molecular weight is 248 g/mol. The number of aryl methyl sites for hydroxylation is 1. The lowest BCUT2D eigenvalue weighted by molar-refractivity contribution is 0.311. The number of nitrogens with one attached hydrogen (secondary N) is 1. The molecule has 2 aliphatic rings. The molecular formula is C12H20N6. The van der Waals surface area contributed by atoms with Crippen molar-refractivity contribution in [3.8, 4) is 0 Å². The van der Waals surface area contributed by atoms with E-state index in [9.17, 15) is 0 Å². The van der Waals surface area contributed by atoms with E-state index in [2.05, 4.69) is 27.3 Å². The number of aromatic nitrogens is 2. The quantitative estimate of drug-likeness (QED) is 0.567. The molecule has 6 heteroatoms. The molecule has 0 saturated carbocycles. The van der Waals surface area contributed by atoms with Gasteiger partial charge in [-0.15, -0.1) is 0 Å². The van der Waals surface area contributed by atoms with Gasteiger partial charge in [0, 0.05) is 31.7 Å². The first-order chi connectivity index (χ1) is 8.78. The van der Waals surface area contributed by atoms with Crippen LogP contribution in [0.25, 0.3) is 0 Å². The Bertz CT molecular complexity index is 438. The van der Waals surface area contributed by atoms with Crippen LogP contribution in [-0.2, 0) is 12.8 Å². The van der Waals surface area contributed by atoms with Crippen LogP contribution in [0.1, 0.15) is 17.7 Å². The molecule has 0 spiro atoms. The van der Waals surface area contributed by atoms with Crippen LogP contribution < -0.4 is 16.2 Å². The topological polar surface area (TPSA) is 70.3 Å². The highest BCUT2D eigenvalue weighted by atomic mass is 15.3. The molecule has 3 N–H and O–H groups in total. The van der Waals surface area contributed by atoms with Crippen molar-refractivity contribution in [3.63, 3.8) is 0 Å². The Balaban J connectivity index is 1.88. The van der Waals surface area contributed by atoms with Crippen LogP contribution in [0.3, 0.4) is 0 Å². The maximum Gasteiger partial charge on any atom is 0.227 e. The number of hydrogen-bond acceptors (Lipinski definition) is 6. The van der Waals surface area contributed by atoms with Gasteiger partial charge >= 0.3 is 0 Å². The van der Waals surface area contributed by atoms with E-state index in [0.29, 0.717) is 0 Å². The third-order valence-corrected chi connectivity index (χ3v) is 3.84. The summed E-state index contributed by atoms with van der Waals surface area (Å²) in [5.41, 5.74) is 5.10. The van der Waals surface area contributed by atoms with Gasteiger partial charge in [-0.3, -0.25) is 0 Å². The van der Waals surface area contributed by atoms with Crippen LogP contribution in [0, 0.1) is 0 Å². The van der Waals surface area contributed by atoms with Gasteiger partial charge in [0.15, 0.2) is 0 Å². The lowest BCUT2D eigenvalue weighted by atomic mass is 10.2. The van der Waals surface area contributed by atoms with Gasteiger partial charge in [0.2, 0.25) is 5.95 Å². The van der Waals surface area contributed by atoms with E-state index in [0.717, 1.165) is 57.2 Å². The second-order valence-corrected chi connectivity index (χ2v) is 5.09. The largest absolute Gasteiger partial charge is 0.338 e. The van der Waals surface area contributed by atoms with Gasteiger partial charge in [-0.05, 0) is 26.3 Å². The summed E-state index contributed by atoms with van der Waals surface area (Å²) >= 11 is 0. The van der Waals surface area contributed by atoms with E-state index in [4.69, 9.17) is 10.8 Å². The number of anilines is 2. The molecule has 0 aromatic carbocycles. The van der Waals surface area contributed by atoms with E-state index in [-0.39, 0.29) is 0 Å². The Kier molecular flexibility index (Phi) is 3.05. The molecule has 1 aromatic heterocycles. The molecule has 3 rings (SSSR count). The highest BCUT2D eigenvalue weighted by molar-refractivity contribution is 5.52. The summed E-state index contributed by atoms with van der Waals surface area (Å²) in [6.07, 6.45) is 3.25. The highest BCUT2D eigenvalue weighted by Crippen LogP contribution is 2.28. The molecule has 1 saturated heterocycles. The number of fused-ring (bicyclic) bond motifs is 1. The number of likely N-dealkylation sites (N-methyl/N-ethyl adjacent to an activating group) is 1. The molecule has 2 heterocycles. The fourth-order valence-corrected chi connectivity index (χ4v) is 2.69. The van der Waals surface area contributed by atoms with Gasteiger partial charge < -0.3 is 15.2 Å². The normalized spacial score (nSPS) is 20.0. The second kappa shape index (κ2) is 4.70. The molecule has 98 valence electrons. The molecule has 1 aliphatic carbocycles. The van der Waals surface area contributed by atoms with E-state index in [1.807, 2.05) is 0 Å². The first-order valence-corrected chi connectivity index (χ1v) is 6.58. The predicted molar refractivity (Wildman–Crippen MR) is 71.6 cm³/mol. The molecule has 0 radical (unpaired) electrons. The Labute approximate surface area is 107 Å². The summed E-state index contributed by atoms with van der Waals surface area (Å²) in [6, 6.07) is 0. The van der Waals surface area contributed by atoms with Crippen LogP contribution in [0.5, 0.6) is 0 Å². The summed E-state index contributed by atoms with van der Waals surface area (Å²) in [6.45, 7) is 4.09. The SMILES string of the molecule is CN1CCN(c2nc3c(c(NN)n2)CCC3)CC1. The van der Waals surface area contributed by atoms with Gasteiger partial charge in [-0.25, -0.2) is 10.8 Å².